The fourth-order valence-corrected chi connectivity index (χ4v) is 3.63. The minimum atomic E-state index is -0.655. The van der Waals surface area contributed by atoms with Gasteiger partial charge in [0.25, 0.3) is 0 Å². The average Bonchev–Trinajstić information content (AvgIpc) is 3.30. The molecular weight excluding hydrogens is 438 g/mol. The van der Waals surface area contributed by atoms with Crippen LogP contribution in [0.15, 0.2) is 28.7 Å². The highest BCUT2D eigenvalue weighted by Gasteiger charge is 2.37. The van der Waals surface area contributed by atoms with Crippen molar-refractivity contribution in [1.29, 1.82) is 0 Å². The van der Waals surface area contributed by atoms with E-state index in [0.717, 1.165) is 37.0 Å². The lowest BCUT2D eigenvalue weighted by atomic mass is 9.75. The van der Waals surface area contributed by atoms with Gasteiger partial charge in [0.2, 0.25) is 11.8 Å². The van der Waals surface area contributed by atoms with Gasteiger partial charge in [0, 0.05) is 6.42 Å². The summed E-state index contributed by atoms with van der Waals surface area (Å²) in [6, 6.07) is 7.90. The number of carbonyl (C=O) groups is 1. The Hall–Kier alpha value is -2.65. The minimum Gasteiger partial charge on any atom is -0.494 e. The zero-order chi connectivity index (χ0) is 25.2. The van der Waals surface area contributed by atoms with E-state index in [1.165, 1.54) is 0 Å². The Bertz CT molecular complexity index is 872. The standard InChI is InChI=1S/C25H39N3O6/c1-6-25(7-2,22-26-27-23(34-22)33-17-20(29)24(3,4)5)18-12-14-19(15-13-18)32-16-10-8-9-11-21(30)28-31/h12-15,20,29,31H,6-11,16-17H2,1-5H3,(H,28,30). The molecule has 1 aromatic carbocycles. The normalized spacial score (nSPS) is 12.9. The Balaban J connectivity index is 1.98. The Morgan fingerprint density at radius 1 is 1.06 bits per heavy atom. The van der Waals surface area contributed by atoms with E-state index in [9.17, 15) is 9.90 Å². The molecule has 0 fully saturated rings. The first-order valence-corrected chi connectivity index (χ1v) is 12.0. The number of amides is 1. The molecule has 0 aliphatic heterocycles. The molecule has 9 nitrogen and oxygen atoms in total. The summed E-state index contributed by atoms with van der Waals surface area (Å²) < 4.78 is 17.3. The first kappa shape index (κ1) is 27.6. The van der Waals surface area contributed by atoms with Crippen molar-refractivity contribution in [3.05, 3.63) is 35.7 Å². The molecule has 1 heterocycles. The van der Waals surface area contributed by atoms with E-state index >= 15 is 0 Å². The van der Waals surface area contributed by atoms with Crippen LogP contribution in [0.25, 0.3) is 0 Å². The second-order valence-electron chi connectivity index (χ2n) is 9.57. The molecule has 9 heteroatoms. The van der Waals surface area contributed by atoms with E-state index < -0.39 is 11.5 Å². The van der Waals surface area contributed by atoms with E-state index in [1.54, 1.807) is 5.48 Å². The SMILES string of the molecule is CCC(CC)(c1ccc(OCCCCCC(=O)NO)cc1)c1nnc(OCC(O)C(C)(C)C)o1. The first-order chi connectivity index (χ1) is 16.2. The van der Waals surface area contributed by atoms with Crippen LogP contribution in [0.4, 0.5) is 0 Å². The number of hydroxylamine groups is 1. The summed E-state index contributed by atoms with van der Waals surface area (Å²) in [4.78, 5) is 11.0. The number of hydrogen-bond acceptors (Lipinski definition) is 8. The molecule has 2 rings (SSSR count). The van der Waals surface area contributed by atoms with Gasteiger partial charge in [-0.15, -0.1) is 5.10 Å². The lowest BCUT2D eigenvalue weighted by Gasteiger charge is -2.28. The first-order valence-electron chi connectivity index (χ1n) is 12.0. The molecule has 34 heavy (non-hydrogen) atoms. The average molecular weight is 478 g/mol. The quantitative estimate of drug-likeness (QED) is 0.207. The third kappa shape index (κ3) is 7.43. The van der Waals surface area contributed by atoms with Gasteiger partial charge < -0.3 is 19.0 Å². The number of benzene rings is 1. The molecule has 0 aliphatic carbocycles. The van der Waals surface area contributed by atoms with Crippen molar-refractivity contribution >= 4 is 5.91 Å². The van der Waals surface area contributed by atoms with Crippen LogP contribution in [0, 0.1) is 5.41 Å². The van der Waals surface area contributed by atoms with Crippen LogP contribution in [0.3, 0.4) is 0 Å². The van der Waals surface area contributed by atoms with Crippen LogP contribution >= 0.6 is 0 Å². The van der Waals surface area contributed by atoms with Gasteiger partial charge in [-0.1, -0.05) is 51.9 Å². The summed E-state index contributed by atoms with van der Waals surface area (Å²) >= 11 is 0. The van der Waals surface area contributed by atoms with Gasteiger partial charge in [-0.2, -0.15) is 0 Å². The summed E-state index contributed by atoms with van der Waals surface area (Å²) in [5.41, 5.74) is 1.92. The second-order valence-corrected chi connectivity index (χ2v) is 9.57. The molecule has 190 valence electrons. The van der Waals surface area contributed by atoms with Crippen LogP contribution < -0.4 is 15.0 Å². The number of aliphatic hydroxyl groups is 1. The molecule has 0 bridgehead atoms. The van der Waals surface area contributed by atoms with Gasteiger partial charge in [-0.3, -0.25) is 10.0 Å². The highest BCUT2D eigenvalue weighted by atomic mass is 16.6. The smallest absolute Gasteiger partial charge is 0.414 e. The number of ether oxygens (including phenoxy) is 2. The topological polar surface area (TPSA) is 127 Å². The van der Waals surface area contributed by atoms with E-state index in [4.69, 9.17) is 19.1 Å². The Labute approximate surface area is 201 Å². The highest BCUT2D eigenvalue weighted by molar-refractivity contribution is 5.74. The van der Waals surface area contributed by atoms with Gasteiger partial charge in [-0.05, 0) is 55.2 Å². The maximum Gasteiger partial charge on any atom is 0.414 e. The third-order valence-electron chi connectivity index (χ3n) is 6.24. The number of rotatable bonds is 14. The lowest BCUT2D eigenvalue weighted by Crippen LogP contribution is -2.32. The molecule has 1 aromatic heterocycles. The third-order valence-corrected chi connectivity index (χ3v) is 6.24. The van der Waals surface area contributed by atoms with Crippen molar-refractivity contribution in [2.75, 3.05) is 13.2 Å². The van der Waals surface area contributed by atoms with Gasteiger partial charge in [0.05, 0.1) is 18.1 Å². The summed E-state index contributed by atoms with van der Waals surface area (Å²) in [6.45, 7) is 10.6. The second kappa shape index (κ2) is 12.7. The zero-order valence-corrected chi connectivity index (χ0v) is 21.0. The van der Waals surface area contributed by atoms with Crippen LogP contribution in [0.2, 0.25) is 0 Å². The number of unbranched alkanes of at least 4 members (excludes halogenated alkanes) is 2. The lowest BCUT2D eigenvalue weighted by molar-refractivity contribution is -0.129. The van der Waals surface area contributed by atoms with Crippen molar-refractivity contribution in [2.45, 2.75) is 84.7 Å². The molecule has 0 spiro atoms. The van der Waals surface area contributed by atoms with Crippen molar-refractivity contribution < 1.29 is 29.0 Å². The summed E-state index contributed by atoms with van der Waals surface area (Å²) in [6.07, 6.45) is 3.60. The van der Waals surface area contributed by atoms with Crippen LogP contribution in [0.1, 0.15) is 84.6 Å². The van der Waals surface area contributed by atoms with E-state index in [1.807, 2.05) is 45.0 Å². The van der Waals surface area contributed by atoms with Crippen molar-refractivity contribution in [3.8, 4) is 11.8 Å². The number of aromatic nitrogens is 2. The van der Waals surface area contributed by atoms with Crippen LogP contribution in [0.5, 0.6) is 11.8 Å². The summed E-state index contributed by atoms with van der Waals surface area (Å²) in [5.74, 6) is 0.885. The fraction of sp³-hybridized carbons (Fsp3) is 0.640. The highest BCUT2D eigenvalue weighted by Crippen LogP contribution is 2.39. The molecule has 2 aromatic rings. The molecule has 0 radical (unpaired) electrons. The Morgan fingerprint density at radius 2 is 1.74 bits per heavy atom. The molecule has 0 saturated heterocycles. The molecule has 3 N–H and O–H groups in total. The number of carbonyl (C=O) groups excluding carboxylic acids is 1. The van der Waals surface area contributed by atoms with Gasteiger partial charge in [0.15, 0.2) is 0 Å². The number of aliphatic hydroxyl groups excluding tert-OH is 1. The molecule has 1 unspecified atom stereocenters. The van der Waals surface area contributed by atoms with Crippen LogP contribution in [-0.4, -0.2) is 45.7 Å². The number of hydrogen-bond donors (Lipinski definition) is 3. The molecule has 0 aliphatic rings. The van der Waals surface area contributed by atoms with E-state index in [2.05, 4.69) is 24.0 Å². The maximum atomic E-state index is 11.0. The van der Waals surface area contributed by atoms with Gasteiger partial charge >= 0.3 is 6.08 Å². The molecule has 1 atom stereocenters. The predicted molar refractivity (Wildman–Crippen MR) is 127 cm³/mol. The van der Waals surface area contributed by atoms with Crippen molar-refractivity contribution in [1.82, 2.24) is 15.7 Å². The molecule has 0 saturated carbocycles. The maximum absolute atomic E-state index is 11.0. The monoisotopic (exact) mass is 477 g/mol. The Kier molecular flexibility index (Phi) is 10.3. The van der Waals surface area contributed by atoms with Gasteiger partial charge in [0.1, 0.15) is 12.4 Å². The zero-order valence-electron chi connectivity index (χ0n) is 21.0. The minimum absolute atomic E-state index is 0.0565. The van der Waals surface area contributed by atoms with Crippen molar-refractivity contribution in [2.24, 2.45) is 5.41 Å². The fourth-order valence-electron chi connectivity index (χ4n) is 3.63. The molecular formula is C25H39N3O6. The van der Waals surface area contributed by atoms with E-state index in [-0.39, 0.29) is 24.0 Å². The largest absolute Gasteiger partial charge is 0.494 e. The van der Waals surface area contributed by atoms with E-state index in [0.29, 0.717) is 25.3 Å². The predicted octanol–water partition coefficient (Wildman–Crippen LogP) is 4.41. The summed E-state index contributed by atoms with van der Waals surface area (Å²) in [5, 5.41) is 27.0. The van der Waals surface area contributed by atoms with Crippen molar-refractivity contribution in [3.63, 3.8) is 0 Å². The van der Waals surface area contributed by atoms with Crippen LogP contribution in [-0.2, 0) is 10.2 Å². The Morgan fingerprint density at radius 3 is 2.32 bits per heavy atom. The van der Waals surface area contributed by atoms with Gasteiger partial charge in [-0.25, -0.2) is 5.48 Å². The number of nitrogens with zero attached hydrogens (tertiary/aromatic N) is 2. The molecule has 1 amide bonds. The number of nitrogens with one attached hydrogen (secondary N) is 1. The summed E-state index contributed by atoms with van der Waals surface area (Å²) in [7, 11) is 0.